The number of anilines is 1. The van der Waals surface area contributed by atoms with Gasteiger partial charge in [-0.2, -0.15) is 14.4 Å². The van der Waals surface area contributed by atoms with E-state index in [4.69, 9.17) is 15.6 Å². The lowest BCUT2D eigenvalue weighted by molar-refractivity contribution is 0.0696. The van der Waals surface area contributed by atoms with Crippen molar-refractivity contribution in [3.8, 4) is 5.75 Å². The third-order valence-electron chi connectivity index (χ3n) is 4.17. The third-order valence-corrected chi connectivity index (χ3v) is 4.17. The van der Waals surface area contributed by atoms with Crippen LogP contribution >= 0.6 is 0 Å². The molecule has 3 aromatic heterocycles. The second-order valence-corrected chi connectivity index (χ2v) is 6.25. The number of carbonyl (C=O) groups is 1. The zero-order chi connectivity index (χ0) is 20.4. The van der Waals surface area contributed by atoms with E-state index in [0.717, 1.165) is 11.1 Å². The molecule has 0 aliphatic carbocycles. The highest BCUT2D eigenvalue weighted by atomic mass is 19.1. The van der Waals surface area contributed by atoms with E-state index in [2.05, 4.69) is 19.9 Å². The molecule has 146 valence electrons. The summed E-state index contributed by atoms with van der Waals surface area (Å²) in [7, 11) is 0. The molecule has 4 aromatic rings. The Bertz CT molecular complexity index is 1210. The lowest BCUT2D eigenvalue weighted by Crippen LogP contribution is -2.04. The normalized spacial score (nSPS) is 10.9. The van der Waals surface area contributed by atoms with Crippen molar-refractivity contribution < 1.29 is 19.0 Å². The summed E-state index contributed by atoms with van der Waals surface area (Å²) in [5, 5.41) is 9.02. The number of nitrogens with zero attached hydrogens (tertiary/aromatic N) is 5. The fourth-order valence-electron chi connectivity index (χ4n) is 2.85. The number of hydrogen-bond acceptors (Lipinski definition) is 7. The molecule has 9 nitrogen and oxygen atoms in total. The van der Waals surface area contributed by atoms with E-state index in [9.17, 15) is 9.18 Å². The number of rotatable bonds is 6. The highest BCUT2D eigenvalue weighted by Crippen LogP contribution is 2.18. The maximum absolute atomic E-state index is 13.5. The Labute approximate surface area is 163 Å². The molecule has 0 saturated heterocycles. The van der Waals surface area contributed by atoms with Crippen molar-refractivity contribution in [3.05, 3.63) is 71.8 Å². The smallest absolute Gasteiger partial charge is 0.337 e. The molecular weight excluding hydrogens is 379 g/mol. The lowest BCUT2D eigenvalue weighted by Gasteiger charge is -2.09. The van der Waals surface area contributed by atoms with Gasteiger partial charge in [0.05, 0.1) is 24.6 Å². The van der Waals surface area contributed by atoms with Crippen LogP contribution in [0.4, 0.5) is 10.2 Å². The van der Waals surface area contributed by atoms with Crippen molar-refractivity contribution in [1.82, 2.24) is 24.5 Å². The average Bonchev–Trinajstić information content (AvgIpc) is 3.10. The molecule has 0 atom stereocenters. The van der Waals surface area contributed by atoms with Gasteiger partial charge in [0, 0.05) is 6.20 Å². The summed E-state index contributed by atoms with van der Waals surface area (Å²) in [6.45, 7) is 0.628. The Hall–Kier alpha value is -4.08. The number of pyridine rings is 1. The van der Waals surface area contributed by atoms with Gasteiger partial charge in [-0.1, -0.05) is 24.3 Å². The number of carboxylic acids is 1. The van der Waals surface area contributed by atoms with Crippen LogP contribution in [-0.2, 0) is 13.2 Å². The average molecular weight is 394 g/mol. The lowest BCUT2D eigenvalue weighted by atomic mass is 10.1. The number of ether oxygens (including phenoxy) is 1. The van der Waals surface area contributed by atoms with E-state index in [0.29, 0.717) is 23.5 Å². The molecule has 0 amide bonds. The van der Waals surface area contributed by atoms with E-state index in [1.54, 1.807) is 4.57 Å². The van der Waals surface area contributed by atoms with Gasteiger partial charge in [0.1, 0.15) is 17.9 Å². The molecule has 1 aromatic carbocycles. The molecular formula is C19H15FN6O3. The topological polar surface area (TPSA) is 129 Å². The maximum Gasteiger partial charge on any atom is 0.337 e. The predicted molar refractivity (Wildman–Crippen MR) is 101 cm³/mol. The Morgan fingerprint density at radius 2 is 2.03 bits per heavy atom. The minimum atomic E-state index is -1.07. The van der Waals surface area contributed by atoms with Crippen molar-refractivity contribution in [1.29, 1.82) is 0 Å². The molecule has 0 unspecified atom stereocenters. The van der Waals surface area contributed by atoms with Crippen LogP contribution in [0.1, 0.15) is 21.5 Å². The second-order valence-electron chi connectivity index (χ2n) is 6.25. The number of benzene rings is 1. The van der Waals surface area contributed by atoms with Crippen LogP contribution in [0.5, 0.6) is 5.75 Å². The molecule has 29 heavy (non-hydrogen) atoms. The number of nitrogens with two attached hydrogens (primary N) is 1. The van der Waals surface area contributed by atoms with Crippen LogP contribution in [0, 0.1) is 6.08 Å². The summed E-state index contributed by atoms with van der Waals surface area (Å²) in [5.41, 5.74) is 8.18. The SMILES string of the molecule is Nc1nc(F)nc2c1ncn2Cc1cccc(COc2cncc(C(=O)O)c2)c1. The molecule has 0 aliphatic rings. The van der Waals surface area contributed by atoms with Crippen LogP contribution in [0.3, 0.4) is 0 Å². The Kier molecular flexibility index (Phi) is 4.73. The molecule has 4 rings (SSSR count). The summed E-state index contributed by atoms with van der Waals surface area (Å²) in [5.74, 6) is -0.720. The van der Waals surface area contributed by atoms with Crippen LogP contribution in [0.2, 0.25) is 0 Å². The minimum absolute atomic E-state index is 0.00870. The second kappa shape index (κ2) is 7.50. The van der Waals surface area contributed by atoms with E-state index in [1.807, 2.05) is 24.3 Å². The number of hydrogen-bond donors (Lipinski definition) is 2. The first kappa shape index (κ1) is 18.3. The maximum atomic E-state index is 13.5. The summed E-state index contributed by atoms with van der Waals surface area (Å²) in [6.07, 6.45) is 3.33. The van der Waals surface area contributed by atoms with Gasteiger partial charge in [0.25, 0.3) is 0 Å². The molecule has 0 aliphatic heterocycles. The van der Waals surface area contributed by atoms with Gasteiger partial charge in [-0.3, -0.25) is 4.98 Å². The van der Waals surface area contributed by atoms with Gasteiger partial charge in [0.15, 0.2) is 11.5 Å². The van der Waals surface area contributed by atoms with E-state index in [-0.39, 0.29) is 18.0 Å². The number of fused-ring (bicyclic) bond motifs is 1. The molecule has 0 spiro atoms. The van der Waals surface area contributed by atoms with Gasteiger partial charge in [-0.05, 0) is 17.2 Å². The fraction of sp³-hybridized carbons (Fsp3) is 0.105. The van der Waals surface area contributed by atoms with E-state index >= 15 is 0 Å². The van der Waals surface area contributed by atoms with Crippen molar-refractivity contribution in [2.24, 2.45) is 0 Å². The van der Waals surface area contributed by atoms with Crippen LogP contribution < -0.4 is 10.5 Å². The van der Waals surface area contributed by atoms with E-state index < -0.39 is 12.0 Å². The Morgan fingerprint density at radius 1 is 1.21 bits per heavy atom. The molecule has 3 heterocycles. The third kappa shape index (κ3) is 3.95. The van der Waals surface area contributed by atoms with Gasteiger partial charge >= 0.3 is 12.0 Å². The summed E-state index contributed by atoms with van der Waals surface area (Å²) < 4.78 is 20.8. The molecule has 10 heteroatoms. The fourth-order valence-corrected chi connectivity index (χ4v) is 2.85. The summed E-state index contributed by atoms with van der Waals surface area (Å²) >= 11 is 0. The van der Waals surface area contributed by atoms with Crippen molar-refractivity contribution in [3.63, 3.8) is 0 Å². The molecule has 0 bridgehead atoms. The van der Waals surface area contributed by atoms with Gasteiger partial charge in [-0.15, -0.1) is 0 Å². The van der Waals surface area contributed by atoms with Gasteiger partial charge in [0.2, 0.25) is 0 Å². The standard InChI is InChI=1S/C19H15FN6O3/c20-19-24-16(21)15-17(25-19)26(10-23-15)8-11-2-1-3-12(4-11)9-29-14-5-13(18(27)28)6-22-7-14/h1-7,10H,8-9H2,(H,27,28)(H2,21,24,25). The van der Waals surface area contributed by atoms with Crippen LogP contribution in [-0.4, -0.2) is 35.6 Å². The highest BCUT2D eigenvalue weighted by Gasteiger charge is 2.12. The Balaban J connectivity index is 1.51. The Morgan fingerprint density at radius 3 is 2.86 bits per heavy atom. The van der Waals surface area contributed by atoms with Crippen molar-refractivity contribution >= 4 is 23.0 Å². The highest BCUT2D eigenvalue weighted by molar-refractivity contribution is 5.87. The number of aromatic nitrogens is 5. The molecule has 0 saturated carbocycles. The number of aromatic carboxylic acids is 1. The van der Waals surface area contributed by atoms with E-state index in [1.165, 1.54) is 24.8 Å². The quantitative estimate of drug-likeness (QED) is 0.477. The summed E-state index contributed by atoms with van der Waals surface area (Å²) in [6, 6.07) is 8.98. The molecule has 0 fully saturated rings. The minimum Gasteiger partial charge on any atom is -0.487 e. The predicted octanol–water partition coefficient (Wildman–Crippen LogP) is 2.27. The van der Waals surface area contributed by atoms with Gasteiger partial charge in [-0.25, -0.2) is 9.78 Å². The zero-order valence-corrected chi connectivity index (χ0v) is 15.0. The van der Waals surface area contributed by atoms with Crippen LogP contribution in [0.15, 0.2) is 49.1 Å². The largest absolute Gasteiger partial charge is 0.487 e. The van der Waals surface area contributed by atoms with Crippen molar-refractivity contribution in [2.45, 2.75) is 13.2 Å². The monoisotopic (exact) mass is 394 g/mol. The number of imidazole rings is 1. The first-order chi connectivity index (χ1) is 14.0. The molecule has 0 radical (unpaired) electrons. The molecule has 3 N–H and O–H groups in total. The first-order valence-corrected chi connectivity index (χ1v) is 8.52. The van der Waals surface area contributed by atoms with Crippen LogP contribution in [0.25, 0.3) is 11.2 Å². The van der Waals surface area contributed by atoms with Crippen molar-refractivity contribution in [2.75, 3.05) is 5.73 Å². The number of halogens is 1. The first-order valence-electron chi connectivity index (χ1n) is 8.52. The number of nitrogen functional groups attached to an aromatic ring is 1. The van der Waals surface area contributed by atoms with Gasteiger partial charge < -0.3 is 20.1 Å². The summed E-state index contributed by atoms with van der Waals surface area (Å²) in [4.78, 5) is 26.3. The number of carboxylic acid groups (broad SMARTS) is 1. The zero-order valence-electron chi connectivity index (χ0n) is 15.0.